The van der Waals surface area contributed by atoms with E-state index in [0.717, 1.165) is 21.3 Å². The molecule has 4 rings (SSSR count). The lowest BCUT2D eigenvalue weighted by atomic mass is 10.1. The molecule has 0 radical (unpaired) electrons. The van der Waals surface area contributed by atoms with E-state index in [9.17, 15) is 9.18 Å². The van der Waals surface area contributed by atoms with Crippen molar-refractivity contribution in [2.75, 3.05) is 39.3 Å². The van der Waals surface area contributed by atoms with E-state index in [0.29, 0.717) is 45.2 Å². The SMILES string of the molecule is O=C(O)N1CCN(CCOc2ncnc3scc(-c4ccc(F)cc4)c23)CC1. The molecule has 3 heterocycles. The maximum absolute atomic E-state index is 13.2. The summed E-state index contributed by atoms with van der Waals surface area (Å²) in [4.78, 5) is 24.0. The minimum absolute atomic E-state index is 0.279. The van der Waals surface area contributed by atoms with Crippen molar-refractivity contribution in [3.05, 3.63) is 41.8 Å². The summed E-state index contributed by atoms with van der Waals surface area (Å²) < 4.78 is 19.2. The number of aromatic nitrogens is 2. The predicted molar refractivity (Wildman–Crippen MR) is 104 cm³/mol. The van der Waals surface area contributed by atoms with E-state index in [1.165, 1.54) is 34.7 Å². The van der Waals surface area contributed by atoms with Crippen LogP contribution in [0.4, 0.5) is 9.18 Å². The van der Waals surface area contributed by atoms with E-state index in [1.807, 2.05) is 5.38 Å². The van der Waals surface area contributed by atoms with Gasteiger partial charge in [-0.25, -0.2) is 19.2 Å². The minimum Gasteiger partial charge on any atom is -0.476 e. The number of ether oxygens (including phenoxy) is 1. The molecule has 7 nitrogen and oxygen atoms in total. The molecule has 146 valence electrons. The Labute approximate surface area is 165 Å². The summed E-state index contributed by atoms with van der Waals surface area (Å²) in [5.41, 5.74) is 1.81. The highest BCUT2D eigenvalue weighted by atomic mass is 32.1. The van der Waals surface area contributed by atoms with Crippen LogP contribution in [-0.4, -0.2) is 70.3 Å². The van der Waals surface area contributed by atoms with E-state index in [4.69, 9.17) is 9.84 Å². The standard InChI is InChI=1S/C19H19FN4O3S/c20-14-3-1-13(2-4-14)15-11-28-18-16(15)17(21-12-22-18)27-10-9-23-5-7-24(8-6-23)19(25)26/h1-4,11-12H,5-10H2,(H,25,26). The number of hydrogen-bond acceptors (Lipinski definition) is 6. The van der Waals surface area contributed by atoms with Gasteiger partial charge in [-0.05, 0) is 17.7 Å². The molecular weight excluding hydrogens is 383 g/mol. The van der Waals surface area contributed by atoms with E-state index in [1.54, 1.807) is 12.1 Å². The second-order valence-corrected chi connectivity index (χ2v) is 7.33. The van der Waals surface area contributed by atoms with Crippen LogP contribution in [0.3, 0.4) is 0 Å². The largest absolute Gasteiger partial charge is 0.476 e. The molecule has 0 unspecified atom stereocenters. The van der Waals surface area contributed by atoms with Gasteiger partial charge in [0.2, 0.25) is 5.88 Å². The van der Waals surface area contributed by atoms with Crippen LogP contribution < -0.4 is 4.74 Å². The number of halogens is 1. The van der Waals surface area contributed by atoms with Gasteiger partial charge in [-0.15, -0.1) is 11.3 Å². The number of carbonyl (C=O) groups is 1. The Bertz CT molecular complexity index is 971. The molecule has 3 aromatic rings. The van der Waals surface area contributed by atoms with Crippen molar-refractivity contribution in [2.45, 2.75) is 0 Å². The van der Waals surface area contributed by atoms with Crippen LogP contribution in [0.15, 0.2) is 36.0 Å². The maximum atomic E-state index is 13.2. The van der Waals surface area contributed by atoms with Gasteiger partial charge in [0, 0.05) is 43.7 Å². The molecule has 28 heavy (non-hydrogen) atoms. The van der Waals surface area contributed by atoms with Gasteiger partial charge in [-0.2, -0.15) is 0 Å². The molecule has 1 saturated heterocycles. The summed E-state index contributed by atoms with van der Waals surface area (Å²) in [6.45, 7) is 3.52. The van der Waals surface area contributed by atoms with Gasteiger partial charge < -0.3 is 14.7 Å². The van der Waals surface area contributed by atoms with E-state index >= 15 is 0 Å². The fourth-order valence-electron chi connectivity index (χ4n) is 3.23. The molecule has 1 N–H and O–H groups in total. The number of thiophene rings is 1. The lowest BCUT2D eigenvalue weighted by Gasteiger charge is -2.32. The third-order valence-corrected chi connectivity index (χ3v) is 5.67. The van der Waals surface area contributed by atoms with Gasteiger partial charge in [0.15, 0.2) is 0 Å². The number of nitrogens with zero attached hydrogens (tertiary/aromatic N) is 4. The monoisotopic (exact) mass is 402 g/mol. The van der Waals surface area contributed by atoms with Crippen molar-refractivity contribution in [3.8, 4) is 17.0 Å². The fraction of sp³-hybridized carbons (Fsp3) is 0.316. The molecule has 0 spiro atoms. The highest BCUT2D eigenvalue weighted by Gasteiger charge is 2.20. The summed E-state index contributed by atoms with van der Waals surface area (Å²) in [6.07, 6.45) is 0.610. The Morgan fingerprint density at radius 3 is 2.64 bits per heavy atom. The smallest absolute Gasteiger partial charge is 0.407 e. The second kappa shape index (κ2) is 8.07. The van der Waals surface area contributed by atoms with Crippen molar-refractivity contribution >= 4 is 27.6 Å². The van der Waals surface area contributed by atoms with E-state index in [2.05, 4.69) is 14.9 Å². The highest BCUT2D eigenvalue weighted by Crippen LogP contribution is 2.37. The van der Waals surface area contributed by atoms with E-state index in [-0.39, 0.29) is 5.82 Å². The summed E-state index contributed by atoms with van der Waals surface area (Å²) in [7, 11) is 0. The van der Waals surface area contributed by atoms with Crippen LogP contribution in [0, 0.1) is 5.82 Å². The number of amides is 1. The van der Waals surface area contributed by atoms with Crippen LogP contribution in [0.5, 0.6) is 5.88 Å². The van der Waals surface area contributed by atoms with Gasteiger partial charge >= 0.3 is 6.09 Å². The Morgan fingerprint density at radius 1 is 1.18 bits per heavy atom. The third-order valence-electron chi connectivity index (χ3n) is 4.78. The Balaban J connectivity index is 1.45. The van der Waals surface area contributed by atoms with Crippen LogP contribution in [0.25, 0.3) is 21.3 Å². The van der Waals surface area contributed by atoms with Crippen LogP contribution >= 0.6 is 11.3 Å². The average Bonchev–Trinajstić information content (AvgIpc) is 3.14. The first-order chi connectivity index (χ1) is 13.6. The lowest BCUT2D eigenvalue weighted by Crippen LogP contribution is -2.49. The molecule has 1 amide bonds. The molecule has 9 heteroatoms. The molecule has 1 fully saturated rings. The summed E-state index contributed by atoms with van der Waals surface area (Å²) in [5.74, 6) is 0.230. The minimum atomic E-state index is -0.870. The van der Waals surface area contributed by atoms with Crippen molar-refractivity contribution in [2.24, 2.45) is 0 Å². The molecule has 0 saturated carbocycles. The first-order valence-electron chi connectivity index (χ1n) is 8.93. The number of fused-ring (bicyclic) bond motifs is 1. The van der Waals surface area contributed by atoms with Crippen LogP contribution in [-0.2, 0) is 0 Å². The lowest BCUT2D eigenvalue weighted by molar-refractivity contribution is 0.0982. The topological polar surface area (TPSA) is 78.8 Å². The van der Waals surface area contributed by atoms with Gasteiger partial charge in [0.05, 0.1) is 5.39 Å². The van der Waals surface area contributed by atoms with Gasteiger partial charge in [0.1, 0.15) is 23.6 Å². The van der Waals surface area contributed by atoms with Crippen molar-refractivity contribution in [1.29, 1.82) is 0 Å². The molecule has 1 aromatic carbocycles. The Morgan fingerprint density at radius 2 is 1.93 bits per heavy atom. The average molecular weight is 402 g/mol. The quantitative estimate of drug-likeness (QED) is 0.706. The number of benzene rings is 1. The van der Waals surface area contributed by atoms with Crippen LogP contribution in [0.1, 0.15) is 0 Å². The molecule has 1 aliphatic rings. The van der Waals surface area contributed by atoms with Gasteiger partial charge in [-0.3, -0.25) is 4.90 Å². The summed E-state index contributed by atoms with van der Waals surface area (Å²) in [6, 6.07) is 6.32. The predicted octanol–water partition coefficient (Wildman–Crippen LogP) is 3.17. The fourth-order valence-corrected chi connectivity index (χ4v) is 4.14. The van der Waals surface area contributed by atoms with Gasteiger partial charge in [-0.1, -0.05) is 12.1 Å². The maximum Gasteiger partial charge on any atom is 0.407 e. The zero-order valence-corrected chi connectivity index (χ0v) is 15.9. The Kier molecular flexibility index (Phi) is 5.36. The van der Waals surface area contributed by atoms with Crippen molar-refractivity contribution < 1.29 is 19.0 Å². The molecular formula is C19H19FN4O3S. The number of hydrogen-bond donors (Lipinski definition) is 1. The first kappa shape index (κ1) is 18.6. The number of rotatable bonds is 5. The molecule has 0 atom stereocenters. The molecule has 2 aromatic heterocycles. The van der Waals surface area contributed by atoms with E-state index < -0.39 is 6.09 Å². The second-order valence-electron chi connectivity index (χ2n) is 6.47. The molecule has 0 aliphatic carbocycles. The zero-order chi connectivity index (χ0) is 19.5. The highest BCUT2D eigenvalue weighted by molar-refractivity contribution is 7.17. The number of piperazine rings is 1. The summed E-state index contributed by atoms with van der Waals surface area (Å²) in [5, 5.41) is 11.8. The molecule has 0 bridgehead atoms. The van der Waals surface area contributed by atoms with Crippen molar-refractivity contribution in [3.63, 3.8) is 0 Å². The summed E-state index contributed by atoms with van der Waals surface area (Å²) >= 11 is 1.50. The third kappa shape index (κ3) is 3.90. The zero-order valence-electron chi connectivity index (χ0n) is 15.0. The normalized spacial score (nSPS) is 15.1. The van der Waals surface area contributed by atoms with Crippen LogP contribution in [0.2, 0.25) is 0 Å². The number of carboxylic acid groups (broad SMARTS) is 1. The molecule has 1 aliphatic heterocycles. The van der Waals surface area contributed by atoms with Gasteiger partial charge in [0.25, 0.3) is 0 Å². The van der Waals surface area contributed by atoms with Crippen molar-refractivity contribution in [1.82, 2.24) is 19.8 Å². The first-order valence-corrected chi connectivity index (χ1v) is 9.81. The Hall–Kier alpha value is -2.78.